The maximum Gasteiger partial charge on any atom is 0.293 e. The molecule has 0 saturated carbocycles. The van der Waals surface area contributed by atoms with Gasteiger partial charge in [0.2, 0.25) is 0 Å². The largest absolute Gasteiger partial charge is 0.463 e. The molecule has 0 radical (unpaired) electrons. The number of aromatic nitrogens is 2. The van der Waals surface area contributed by atoms with Crippen LogP contribution in [0.2, 0.25) is 0 Å². The first-order chi connectivity index (χ1) is 13.1. The van der Waals surface area contributed by atoms with Crippen molar-refractivity contribution in [1.82, 2.24) is 9.55 Å². The van der Waals surface area contributed by atoms with Gasteiger partial charge in [0.25, 0.3) is 12.0 Å². The highest BCUT2D eigenvalue weighted by Gasteiger charge is 2.28. The Kier molecular flexibility index (Phi) is 4.25. The van der Waals surface area contributed by atoms with Crippen LogP contribution in [0, 0.1) is 0 Å². The number of aliphatic hydroxyl groups is 2. The first-order valence-corrected chi connectivity index (χ1v) is 8.58. The van der Waals surface area contributed by atoms with E-state index in [0.29, 0.717) is 17.0 Å². The average molecular weight is 366 g/mol. The highest BCUT2D eigenvalue weighted by molar-refractivity contribution is 5.87. The number of hydrogen-bond donors (Lipinski definition) is 2. The number of ether oxygens (including phenoxy) is 1. The normalized spacial score (nSPS) is 13.3. The maximum atomic E-state index is 13.0. The highest BCUT2D eigenvalue weighted by Crippen LogP contribution is 2.36. The zero-order valence-corrected chi connectivity index (χ0v) is 14.7. The molecule has 3 aromatic rings. The molecular formula is C20H18N2O5. The van der Waals surface area contributed by atoms with Crippen molar-refractivity contribution in [2.45, 2.75) is 32.8 Å². The predicted molar refractivity (Wildman–Crippen MR) is 98.0 cm³/mol. The van der Waals surface area contributed by atoms with Crippen LogP contribution in [0.15, 0.2) is 35.1 Å². The van der Waals surface area contributed by atoms with Gasteiger partial charge in [0.1, 0.15) is 6.61 Å². The van der Waals surface area contributed by atoms with Gasteiger partial charge in [-0.25, -0.2) is 4.98 Å². The lowest BCUT2D eigenvalue weighted by Crippen LogP contribution is -2.26. The summed E-state index contributed by atoms with van der Waals surface area (Å²) in [6.45, 7) is 1.72. The van der Waals surface area contributed by atoms with E-state index in [1.807, 2.05) is 24.3 Å². The van der Waals surface area contributed by atoms with Gasteiger partial charge in [-0.1, -0.05) is 18.2 Å². The van der Waals surface area contributed by atoms with Gasteiger partial charge < -0.3 is 19.5 Å². The van der Waals surface area contributed by atoms with E-state index in [1.54, 1.807) is 17.6 Å². The number of nitrogens with zero attached hydrogens (tertiary/aromatic N) is 2. The number of carbonyl (C=O) groups excluding carboxylic acids is 1. The van der Waals surface area contributed by atoms with E-state index in [9.17, 15) is 19.8 Å². The number of fused-ring (bicyclic) bond motifs is 4. The third-order valence-electron chi connectivity index (χ3n) is 5.01. The molecule has 1 unspecified atom stereocenters. The molecule has 1 aliphatic heterocycles. The number of pyridine rings is 2. The summed E-state index contributed by atoms with van der Waals surface area (Å²) in [5, 5.41) is 20.9. The van der Waals surface area contributed by atoms with Crippen molar-refractivity contribution >= 4 is 17.4 Å². The molecule has 27 heavy (non-hydrogen) atoms. The molecule has 0 saturated heterocycles. The summed E-state index contributed by atoms with van der Waals surface area (Å²) < 4.78 is 6.32. The van der Waals surface area contributed by atoms with E-state index in [1.165, 1.54) is 0 Å². The second-order valence-electron chi connectivity index (χ2n) is 6.53. The SMILES string of the molecule is CC(O)c1cc2n(c(=O)c1COC=O)Cc1c-2nc2ccccc2c1CO. The fraction of sp³-hybridized carbons (Fsp3) is 0.250. The molecule has 1 aliphatic rings. The molecule has 0 fully saturated rings. The van der Waals surface area contributed by atoms with E-state index in [2.05, 4.69) is 0 Å². The van der Waals surface area contributed by atoms with Crippen LogP contribution in [0.3, 0.4) is 0 Å². The van der Waals surface area contributed by atoms with Crippen molar-refractivity contribution in [2.24, 2.45) is 0 Å². The second kappa shape index (κ2) is 6.61. The van der Waals surface area contributed by atoms with Crippen molar-refractivity contribution in [3.05, 3.63) is 62.9 Å². The Labute approximate surface area is 154 Å². The number of para-hydroxylation sites is 1. The van der Waals surface area contributed by atoms with Crippen LogP contribution >= 0.6 is 0 Å². The van der Waals surface area contributed by atoms with Crippen molar-refractivity contribution in [1.29, 1.82) is 0 Å². The molecule has 0 spiro atoms. The number of carbonyl (C=O) groups is 1. The third kappa shape index (κ3) is 2.63. The standard InChI is InChI=1S/C20H18N2O5/c1-11(25)13-6-18-19-14(7-22(18)20(26)16(13)9-27-10-24)15(8-23)12-4-2-3-5-17(12)21-19/h2-6,10-11,23,25H,7-9H2,1H3. The molecule has 0 aliphatic carbocycles. The van der Waals surface area contributed by atoms with Gasteiger partial charge in [0, 0.05) is 10.9 Å². The van der Waals surface area contributed by atoms with Gasteiger partial charge in [0.15, 0.2) is 0 Å². The van der Waals surface area contributed by atoms with Gasteiger partial charge in [0.05, 0.1) is 41.7 Å². The first-order valence-electron chi connectivity index (χ1n) is 8.58. The lowest BCUT2D eigenvalue weighted by molar-refractivity contribution is -0.129. The molecular weight excluding hydrogens is 348 g/mol. The molecule has 0 amide bonds. The Morgan fingerprint density at radius 3 is 2.81 bits per heavy atom. The Morgan fingerprint density at radius 2 is 2.11 bits per heavy atom. The smallest absolute Gasteiger partial charge is 0.293 e. The van der Waals surface area contributed by atoms with Gasteiger partial charge in [-0.15, -0.1) is 0 Å². The summed E-state index contributed by atoms with van der Waals surface area (Å²) in [5.74, 6) is 0. The van der Waals surface area contributed by atoms with E-state index in [4.69, 9.17) is 9.72 Å². The van der Waals surface area contributed by atoms with E-state index in [-0.39, 0.29) is 37.4 Å². The summed E-state index contributed by atoms with van der Waals surface area (Å²) >= 11 is 0. The lowest BCUT2D eigenvalue weighted by Gasteiger charge is -2.14. The summed E-state index contributed by atoms with van der Waals surface area (Å²) in [7, 11) is 0. The van der Waals surface area contributed by atoms with Crippen LogP contribution in [-0.4, -0.2) is 26.2 Å². The topological polar surface area (TPSA) is 102 Å². The second-order valence-corrected chi connectivity index (χ2v) is 6.53. The fourth-order valence-corrected chi connectivity index (χ4v) is 3.74. The van der Waals surface area contributed by atoms with E-state index in [0.717, 1.165) is 22.0 Å². The Morgan fingerprint density at radius 1 is 1.33 bits per heavy atom. The molecule has 2 N–H and O–H groups in total. The lowest BCUT2D eigenvalue weighted by atomic mass is 10.00. The Bertz CT molecular complexity index is 1120. The van der Waals surface area contributed by atoms with Crippen LogP contribution in [0.25, 0.3) is 22.3 Å². The van der Waals surface area contributed by atoms with Gasteiger partial charge in [-0.3, -0.25) is 9.59 Å². The number of rotatable bonds is 5. The van der Waals surface area contributed by atoms with Crippen LogP contribution in [0.1, 0.15) is 35.3 Å². The molecule has 7 nitrogen and oxygen atoms in total. The minimum atomic E-state index is -0.907. The molecule has 138 valence electrons. The van der Waals surface area contributed by atoms with Gasteiger partial charge in [-0.2, -0.15) is 0 Å². The summed E-state index contributed by atoms with van der Waals surface area (Å²) in [6.07, 6.45) is -0.907. The van der Waals surface area contributed by atoms with Gasteiger partial charge in [-0.05, 0) is 30.2 Å². The number of aliphatic hydroxyl groups excluding tert-OH is 2. The quantitative estimate of drug-likeness (QED) is 0.521. The first kappa shape index (κ1) is 17.4. The van der Waals surface area contributed by atoms with E-state index < -0.39 is 6.10 Å². The third-order valence-corrected chi connectivity index (χ3v) is 5.01. The van der Waals surface area contributed by atoms with Crippen LogP contribution < -0.4 is 5.56 Å². The minimum Gasteiger partial charge on any atom is -0.463 e. The van der Waals surface area contributed by atoms with Crippen molar-refractivity contribution < 1.29 is 19.7 Å². The van der Waals surface area contributed by atoms with Crippen molar-refractivity contribution in [3.63, 3.8) is 0 Å². The Hall–Kier alpha value is -3.03. The predicted octanol–water partition coefficient (Wildman–Crippen LogP) is 1.64. The zero-order chi connectivity index (χ0) is 19.1. The molecule has 1 atom stereocenters. The highest BCUT2D eigenvalue weighted by atomic mass is 16.5. The van der Waals surface area contributed by atoms with Crippen LogP contribution in [-0.2, 0) is 29.3 Å². The molecule has 1 aromatic carbocycles. The summed E-state index contributed by atoms with van der Waals surface area (Å²) in [6, 6.07) is 9.21. The monoisotopic (exact) mass is 366 g/mol. The fourth-order valence-electron chi connectivity index (χ4n) is 3.74. The summed E-state index contributed by atoms with van der Waals surface area (Å²) in [4.78, 5) is 28.3. The number of benzene rings is 1. The Balaban J connectivity index is 2.01. The van der Waals surface area contributed by atoms with Crippen molar-refractivity contribution in [3.8, 4) is 11.4 Å². The van der Waals surface area contributed by atoms with Crippen LogP contribution in [0.4, 0.5) is 0 Å². The molecule has 4 rings (SSSR count). The van der Waals surface area contributed by atoms with E-state index >= 15 is 0 Å². The average Bonchev–Trinajstić information content (AvgIpc) is 3.03. The van der Waals surface area contributed by atoms with Crippen molar-refractivity contribution in [2.75, 3.05) is 0 Å². The van der Waals surface area contributed by atoms with Gasteiger partial charge >= 0.3 is 0 Å². The molecule has 0 bridgehead atoms. The zero-order valence-electron chi connectivity index (χ0n) is 14.7. The maximum absolute atomic E-state index is 13.0. The summed E-state index contributed by atoms with van der Waals surface area (Å²) in [5.41, 5.74) is 3.77. The molecule has 3 heterocycles. The molecule has 7 heteroatoms. The minimum absolute atomic E-state index is 0.168. The number of hydrogen-bond acceptors (Lipinski definition) is 6. The molecule has 2 aromatic heterocycles. The van der Waals surface area contributed by atoms with Crippen LogP contribution in [0.5, 0.6) is 0 Å².